The van der Waals surface area contributed by atoms with Crippen LogP contribution in [0.5, 0.6) is 5.75 Å². The molecular formula is C25H26N2O3. The average Bonchev–Trinajstić information content (AvgIpc) is 2.76. The minimum Gasteiger partial charge on any atom is -0.481 e. The van der Waals surface area contributed by atoms with Crippen LogP contribution in [0.4, 0.5) is 5.69 Å². The van der Waals surface area contributed by atoms with Gasteiger partial charge in [0.15, 0.2) is 6.10 Å². The van der Waals surface area contributed by atoms with Gasteiger partial charge in [-0.1, -0.05) is 54.6 Å². The fourth-order valence-corrected chi connectivity index (χ4v) is 2.99. The first-order chi connectivity index (χ1) is 14.5. The summed E-state index contributed by atoms with van der Waals surface area (Å²) in [6.07, 6.45) is -0.717. The lowest BCUT2D eigenvalue weighted by atomic mass is 10.1. The molecule has 0 aromatic heterocycles. The summed E-state index contributed by atoms with van der Waals surface area (Å²) in [5.74, 6) is 0.101. The smallest absolute Gasteiger partial charge is 0.265 e. The van der Waals surface area contributed by atoms with Crippen molar-refractivity contribution in [3.63, 3.8) is 0 Å². The molecule has 30 heavy (non-hydrogen) atoms. The van der Waals surface area contributed by atoms with Crippen LogP contribution in [-0.2, 0) is 11.3 Å². The van der Waals surface area contributed by atoms with Crippen molar-refractivity contribution in [1.29, 1.82) is 0 Å². The van der Waals surface area contributed by atoms with E-state index >= 15 is 0 Å². The molecule has 154 valence electrons. The number of hydrogen-bond donors (Lipinski definition) is 2. The minimum atomic E-state index is -0.717. The summed E-state index contributed by atoms with van der Waals surface area (Å²) < 4.78 is 5.85. The monoisotopic (exact) mass is 402 g/mol. The van der Waals surface area contributed by atoms with Gasteiger partial charge in [-0.15, -0.1) is 0 Å². The average molecular weight is 402 g/mol. The fraction of sp³-hybridized carbons (Fsp3) is 0.200. The number of carbonyl (C=O) groups excluding carboxylic acids is 2. The highest BCUT2D eigenvalue weighted by molar-refractivity contribution is 6.04. The second-order valence-electron chi connectivity index (χ2n) is 7.16. The first-order valence-corrected chi connectivity index (χ1v) is 9.90. The fourth-order valence-electron chi connectivity index (χ4n) is 2.99. The highest BCUT2D eigenvalue weighted by Gasteiger charge is 2.19. The predicted octanol–water partition coefficient (Wildman–Crippen LogP) is 4.64. The van der Waals surface area contributed by atoms with Crippen molar-refractivity contribution in [2.75, 3.05) is 5.32 Å². The van der Waals surface area contributed by atoms with Crippen molar-refractivity contribution in [1.82, 2.24) is 5.32 Å². The van der Waals surface area contributed by atoms with Crippen LogP contribution in [0.3, 0.4) is 0 Å². The van der Waals surface area contributed by atoms with Crippen LogP contribution in [0.15, 0.2) is 72.8 Å². The number of aryl methyl sites for hydroxylation is 1. The number of amides is 2. The number of anilines is 1. The maximum Gasteiger partial charge on any atom is 0.265 e. The molecule has 0 aliphatic heterocycles. The molecule has 0 saturated carbocycles. The standard InChI is InChI=1S/C25H26N2O3/c1-17-10-9-15-23(18(17)2)30-19(3)24(28)27-22-14-8-7-13-21(22)25(29)26-16-20-11-5-4-6-12-20/h4-15,19H,16H2,1-3H3,(H,26,29)(H,27,28)/t19-/m1/s1. The van der Waals surface area contributed by atoms with Gasteiger partial charge in [0.05, 0.1) is 11.3 Å². The van der Waals surface area contributed by atoms with E-state index < -0.39 is 6.10 Å². The van der Waals surface area contributed by atoms with Crippen LogP contribution in [-0.4, -0.2) is 17.9 Å². The zero-order valence-electron chi connectivity index (χ0n) is 17.4. The highest BCUT2D eigenvalue weighted by atomic mass is 16.5. The number of rotatable bonds is 7. The first kappa shape index (κ1) is 21.1. The Morgan fingerprint density at radius 3 is 2.37 bits per heavy atom. The third kappa shape index (κ3) is 5.26. The number of para-hydroxylation sites is 1. The van der Waals surface area contributed by atoms with Crippen molar-refractivity contribution in [2.24, 2.45) is 0 Å². The van der Waals surface area contributed by atoms with E-state index in [1.54, 1.807) is 31.2 Å². The van der Waals surface area contributed by atoms with Crippen LogP contribution in [0, 0.1) is 13.8 Å². The van der Waals surface area contributed by atoms with Crippen molar-refractivity contribution in [3.8, 4) is 5.75 Å². The Labute approximate surface area is 177 Å². The van der Waals surface area contributed by atoms with Gasteiger partial charge in [0, 0.05) is 6.54 Å². The summed E-state index contributed by atoms with van der Waals surface area (Å²) in [5, 5.41) is 5.71. The number of nitrogens with one attached hydrogen (secondary N) is 2. The summed E-state index contributed by atoms with van der Waals surface area (Å²) in [6, 6.07) is 22.3. The molecule has 5 heteroatoms. The van der Waals surface area contributed by atoms with E-state index in [1.165, 1.54) is 0 Å². The SMILES string of the molecule is Cc1cccc(O[C@H](C)C(=O)Nc2ccccc2C(=O)NCc2ccccc2)c1C. The van der Waals surface area contributed by atoms with Gasteiger partial charge in [0.2, 0.25) is 0 Å². The molecule has 2 amide bonds. The van der Waals surface area contributed by atoms with Gasteiger partial charge in [0.1, 0.15) is 5.75 Å². The van der Waals surface area contributed by atoms with Crippen LogP contribution in [0.25, 0.3) is 0 Å². The molecule has 3 rings (SSSR count). The zero-order chi connectivity index (χ0) is 21.5. The molecule has 0 fully saturated rings. The molecule has 0 aliphatic rings. The van der Waals surface area contributed by atoms with Crippen molar-refractivity contribution in [3.05, 3.63) is 95.1 Å². The molecule has 0 spiro atoms. The van der Waals surface area contributed by atoms with Crippen LogP contribution in [0.2, 0.25) is 0 Å². The second kappa shape index (κ2) is 9.74. The Morgan fingerprint density at radius 2 is 1.60 bits per heavy atom. The van der Waals surface area contributed by atoms with E-state index in [2.05, 4.69) is 10.6 Å². The molecule has 0 radical (unpaired) electrons. The van der Waals surface area contributed by atoms with E-state index in [0.29, 0.717) is 23.5 Å². The lowest BCUT2D eigenvalue weighted by molar-refractivity contribution is -0.122. The van der Waals surface area contributed by atoms with Gasteiger partial charge in [-0.2, -0.15) is 0 Å². The normalized spacial score (nSPS) is 11.4. The molecule has 1 atom stereocenters. The summed E-state index contributed by atoms with van der Waals surface area (Å²) in [7, 11) is 0. The van der Waals surface area contributed by atoms with Gasteiger partial charge in [-0.3, -0.25) is 9.59 Å². The Morgan fingerprint density at radius 1 is 0.900 bits per heavy atom. The lowest BCUT2D eigenvalue weighted by Gasteiger charge is -2.18. The minimum absolute atomic E-state index is 0.252. The summed E-state index contributed by atoms with van der Waals surface area (Å²) in [4.78, 5) is 25.4. The molecule has 0 bridgehead atoms. The molecule has 2 N–H and O–H groups in total. The zero-order valence-corrected chi connectivity index (χ0v) is 17.4. The summed E-state index contributed by atoms with van der Waals surface area (Å²) in [6.45, 7) is 6.06. The largest absolute Gasteiger partial charge is 0.481 e. The number of ether oxygens (including phenoxy) is 1. The van der Waals surface area contributed by atoms with Crippen LogP contribution in [0.1, 0.15) is 34.0 Å². The first-order valence-electron chi connectivity index (χ1n) is 9.90. The van der Waals surface area contributed by atoms with E-state index in [-0.39, 0.29) is 11.8 Å². The quantitative estimate of drug-likeness (QED) is 0.605. The van der Waals surface area contributed by atoms with E-state index in [0.717, 1.165) is 16.7 Å². The molecule has 0 heterocycles. The third-order valence-corrected chi connectivity index (χ3v) is 4.95. The van der Waals surface area contributed by atoms with E-state index in [4.69, 9.17) is 4.74 Å². The van der Waals surface area contributed by atoms with Gasteiger partial charge in [-0.05, 0) is 55.7 Å². The Kier molecular flexibility index (Phi) is 6.86. The molecule has 0 aliphatic carbocycles. The van der Waals surface area contributed by atoms with E-state index in [1.807, 2.05) is 62.4 Å². The lowest BCUT2D eigenvalue weighted by Crippen LogP contribution is -2.32. The highest BCUT2D eigenvalue weighted by Crippen LogP contribution is 2.22. The van der Waals surface area contributed by atoms with Crippen molar-refractivity contribution >= 4 is 17.5 Å². The number of carbonyl (C=O) groups is 2. The second-order valence-corrected chi connectivity index (χ2v) is 7.16. The topological polar surface area (TPSA) is 67.4 Å². The van der Waals surface area contributed by atoms with Gasteiger partial charge >= 0.3 is 0 Å². The molecule has 0 unspecified atom stereocenters. The number of benzene rings is 3. The van der Waals surface area contributed by atoms with Gasteiger partial charge < -0.3 is 15.4 Å². The third-order valence-electron chi connectivity index (χ3n) is 4.95. The summed E-state index contributed by atoms with van der Waals surface area (Å²) in [5.41, 5.74) is 3.95. The van der Waals surface area contributed by atoms with Crippen LogP contribution >= 0.6 is 0 Å². The van der Waals surface area contributed by atoms with Gasteiger partial charge in [0.25, 0.3) is 11.8 Å². The molecular weight excluding hydrogens is 376 g/mol. The summed E-state index contributed by atoms with van der Waals surface area (Å²) >= 11 is 0. The molecule has 3 aromatic carbocycles. The molecule has 0 saturated heterocycles. The predicted molar refractivity (Wildman–Crippen MR) is 119 cm³/mol. The van der Waals surface area contributed by atoms with Crippen molar-refractivity contribution < 1.29 is 14.3 Å². The maximum atomic E-state index is 12.7. The Balaban J connectivity index is 1.66. The Hall–Kier alpha value is -3.60. The van der Waals surface area contributed by atoms with E-state index in [9.17, 15) is 9.59 Å². The molecule has 5 nitrogen and oxygen atoms in total. The Bertz CT molecular complexity index is 1030. The maximum absolute atomic E-state index is 12.7. The number of hydrogen-bond acceptors (Lipinski definition) is 3. The molecule has 3 aromatic rings. The van der Waals surface area contributed by atoms with Crippen molar-refractivity contribution in [2.45, 2.75) is 33.4 Å². The van der Waals surface area contributed by atoms with Gasteiger partial charge in [-0.25, -0.2) is 0 Å². The van der Waals surface area contributed by atoms with Crippen LogP contribution < -0.4 is 15.4 Å².